The summed E-state index contributed by atoms with van der Waals surface area (Å²) >= 11 is 0. The molecule has 0 bridgehead atoms. The van der Waals surface area contributed by atoms with Gasteiger partial charge in [-0.05, 0) is 50.0 Å². The number of carbonyl (C=O) groups is 2. The second-order valence-electron chi connectivity index (χ2n) is 6.97. The summed E-state index contributed by atoms with van der Waals surface area (Å²) in [5, 5.41) is 3.09. The number of carbonyl (C=O) groups excluding carboxylic acids is 2. The van der Waals surface area contributed by atoms with E-state index < -0.39 is 0 Å². The van der Waals surface area contributed by atoms with Gasteiger partial charge in [0.05, 0.1) is 5.70 Å². The van der Waals surface area contributed by atoms with E-state index in [1.54, 1.807) is 0 Å². The van der Waals surface area contributed by atoms with E-state index >= 15 is 0 Å². The van der Waals surface area contributed by atoms with Crippen LogP contribution in [0, 0.1) is 0 Å². The first-order valence-electron chi connectivity index (χ1n) is 9.53. The Morgan fingerprint density at radius 1 is 1.15 bits per heavy atom. The lowest BCUT2D eigenvalue weighted by atomic mass is 10.0. The smallest absolute Gasteiger partial charge is 0.246 e. The van der Waals surface area contributed by atoms with Gasteiger partial charge in [0.1, 0.15) is 0 Å². The molecule has 2 aliphatic rings. The molecule has 0 spiro atoms. The number of Topliss-reactive ketones (excluding diaryl/α,β-unsaturated/α-hetero) is 1. The first kappa shape index (κ1) is 17.7. The first-order valence-corrected chi connectivity index (χ1v) is 9.53. The minimum Gasteiger partial charge on any atom is -0.432 e. The van der Waals surface area contributed by atoms with Crippen LogP contribution in [-0.2, 0) is 6.42 Å². The molecule has 1 aromatic heterocycles. The molecular formula is C21H23N3O3. The maximum Gasteiger partial charge on any atom is 0.246 e. The highest BCUT2D eigenvalue weighted by Gasteiger charge is 2.32. The average Bonchev–Trinajstić information content (AvgIpc) is 3.36. The molecule has 2 heterocycles. The summed E-state index contributed by atoms with van der Waals surface area (Å²) in [7, 11) is 0. The fourth-order valence-corrected chi connectivity index (χ4v) is 3.52. The fourth-order valence-electron chi connectivity index (χ4n) is 3.52. The fraction of sp³-hybridized carbons (Fsp3) is 0.381. The summed E-state index contributed by atoms with van der Waals surface area (Å²) in [6.45, 7) is 5.76. The molecule has 4 rings (SSSR count). The van der Waals surface area contributed by atoms with Gasteiger partial charge >= 0.3 is 0 Å². The van der Waals surface area contributed by atoms with Crippen LogP contribution in [0.4, 0.5) is 0 Å². The van der Waals surface area contributed by atoms with Gasteiger partial charge in [-0.2, -0.15) is 0 Å². The van der Waals surface area contributed by atoms with Gasteiger partial charge in [-0.3, -0.25) is 9.59 Å². The molecule has 6 nitrogen and oxygen atoms in total. The number of aryl methyl sites for hydroxylation is 1. The van der Waals surface area contributed by atoms with E-state index in [1.165, 1.54) is 24.5 Å². The molecule has 6 heteroatoms. The van der Waals surface area contributed by atoms with Crippen molar-refractivity contribution < 1.29 is 14.0 Å². The van der Waals surface area contributed by atoms with Crippen molar-refractivity contribution in [3.63, 3.8) is 0 Å². The molecular weight excluding hydrogens is 342 g/mol. The Balaban J connectivity index is 1.49. The van der Waals surface area contributed by atoms with Crippen LogP contribution in [0.25, 0.3) is 11.5 Å². The molecule has 0 radical (unpaired) electrons. The highest BCUT2D eigenvalue weighted by molar-refractivity contribution is 6.22. The number of oxazole rings is 1. The van der Waals surface area contributed by atoms with E-state index in [1.807, 2.05) is 24.3 Å². The van der Waals surface area contributed by atoms with Crippen LogP contribution in [0.15, 0.2) is 40.5 Å². The Hall–Kier alpha value is -2.73. The summed E-state index contributed by atoms with van der Waals surface area (Å²) in [5.74, 6) is -0.278. The van der Waals surface area contributed by atoms with Gasteiger partial charge < -0.3 is 14.6 Å². The van der Waals surface area contributed by atoms with Gasteiger partial charge in [0, 0.05) is 24.7 Å². The van der Waals surface area contributed by atoms with Crippen molar-refractivity contribution in [2.75, 3.05) is 26.2 Å². The average molecular weight is 365 g/mol. The highest BCUT2D eigenvalue weighted by atomic mass is 16.4. The minimum atomic E-state index is -0.310. The summed E-state index contributed by atoms with van der Waals surface area (Å²) in [4.78, 5) is 31.7. The van der Waals surface area contributed by atoms with Crippen LogP contribution in [0.1, 0.15) is 46.4 Å². The molecule has 1 aliphatic carbocycles. The van der Waals surface area contributed by atoms with Crippen molar-refractivity contribution in [1.29, 1.82) is 0 Å². The molecule has 0 atom stereocenters. The highest BCUT2D eigenvalue weighted by Crippen LogP contribution is 2.27. The number of likely N-dealkylation sites (tertiary alicyclic amines) is 1. The van der Waals surface area contributed by atoms with Crippen LogP contribution < -0.4 is 5.32 Å². The predicted octanol–water partition coefficient (Wildman–Crippen LogP) is 2.85. The molecule has 140 valence electrons. The van der Waals surface area contributed by atoms with Gasteiger partial charge in [-0.15, -0.1) is 0 Å². The van der Waals surface area contributed by atoms with Gasteiger partial charge in [-0.25, -0.2) is 4.98 Å². The third kappa shape index (κ3) is 3.57. The van der Waals surface area contributed by atoms with E-state index in [0.717, 1.165) is 31.6 Å². The van der Waals surface area contributed by atoms with Crippen molar-refractivity contribution >= 4 is 11.6 Å². The van der Waals surface area contributed by atoms with Crippen LogP contribution >= 0.6 is 0 Å². The lowest BCUT2D eigenvalue weighted by Crippen LogP contribution is -2.33. The van der Waals surface area contributed by atoms with Crippen molar-refractivity contribution in [3.8, 4) is 11.5 Å². The standard InChI is InChI=1S/C21H23N3O3/c1-2-14-5-7-15(8-6-14)21-23-18-17(25)13-16(19(26)20(18)27-21)22-9-12-24-10-3-4-11-24/h5-8,13,22H,2-4,9-12H2,1H3. The summed E-state index contributed by atoms with van der Waals surface area (Å²) in [5.41, 5.74) is 2.34. The molecule has 0 unspecified atom stereocenters. The zero-order valence-electron chi connectivity index (χ0n) is 15.5. The van der Waals surface area contributed by atoms with Crippen LogP contribution in [0.5, 0.6) is 0 Å². The SMILES string of the molecule is CCc1ccc(-c2nc3c(o2)C(=O)C(NCCN2CCCC2)=CC3=O)cc1. The lowest BCUT2D eigenvalue weighted by Gasteiger charge is -2.17. The summed E-state index contributed by atoms with van der Waals surface area (Å²) < 4.78 is 5.69. The maximum absolute atomic E-state index is 12.7. The van der Waals surface area contributed by atoms with Crippen LogP contribution in [0.3, 0.4) is 0 Å². The number of nitrogens with one attached hydrogen (secondary N) is 1. The van der Waals surface area contributed by atoms with Gasteiger partial charge in [0.2, 0.25) is 23.2 Å². The monoisotopic (exact) mass is 365 g/mol. The van der Waals surface area contributed by atoms with Crippen molar-refractivity contribution in [2.45, 2.75) is 26.2 Å². The predicted molar refractivity (Wildman–Crippen MR) is 102 cm³/mol. The van der Waals surface area contributed by atoms with Crippen molar-refractivity contribution in [1.82, 2.24) is 15.2 Å². The zero-order valence-corrected chi connectivity index (χ0v) is 15.5. The number of aromatic nitrogens is 1. The van der Waals surface area contributed by atoms with Crippen molar-refractivity contribution in [2.24, 2.45) is 0 Å². The zero-order chi connectivity index (χ0) is 18.8. The topological polar surface area (TPSA) is 75.4 Å². The lowest BCUT2D eigenvalue weighted by molar-refractivity contribution is 0.0956. The Morgan fingerprint density at radius 3 is 2.59 bits per heavy atom. The molecule has 1 fully saturated rings. The molecule has 0 saturated carbocycles. The number of hydrogen-bond acceptors (Lipinski definition) is 6. The van der Waals surface area contributed by atoms with Gasteiger partial charge in [-0.1, -0.05) is 19.1 Å². The number of nitrogens with zero attached hydrogens (tertiary/aromatic N) is 2. The molecule has 1 aromatic carbocycles. The third-order valence-corrected chi connectivity index (χ3v) is 5.14. The van der Waals surface area contributed by atoms with Gasteiger partial charge in [0.25, 0.3) is 0 Å². The second kappa shape index (κ2) is 7.48. The third-order valence-electron chi connectivity index (χ3n) is 5.14. The molecule has 1 saturated heterocycles. The minimum absolute atomic E-state index is 0.0285. The largest absolute Gasteiger partial charge is 0.432 e. The first-order chi connectivity index (χ1) is 13.2. The Labute approximate surface area is 158 Å². The number of fused-ring (bicyclic) bond motifs is 1. The van der Waals surface area contributed by atoms with Crippen molar-refractivity contribution in [3.05, 3.63) is 53.1 Å². The summed E-state index contributed by atoms with van der Waals surface area (Å²) in [6.07, 6.45) is 4.73. The van der Waals surface area contributed by atoms with Crippen LogP contribution in [0.2, 0.25) is 0 Å². The summed E-state index contributed by atoms with van der Waals surface area (Å²) in [6, 6.07) is 7.78. The van der Waals surface area contributed by atoms with E-state index in [-0.39, 0.29) is 28.7 Å². The van der Waals surface area contributed by atoms with Crippen LogP contribution in [-0.4, -0.2) is 47.6 Å². The molecule has 27 heavy (non-hydrogen) atoms. The Kier molecular flexibility index (Phi) is 4.90. The van der Waals surface area contributed by atoms with E-state index in [4.69, 9.17) is 4.42 Å². The molecule has 1 aliphatic heterocycles. The molecule has 0 amide bonds. The van der Waals surface area contributed by atoms with E-state index in [9.17, 15) is 9.59 Å². The number of rotatable bonds is 6. The normalized spacial score (nSPS) is 17.1. The van der Waals surface area contributed by atoms with Gasteiger partial charge in [0.15, 0.2) is 5.69 Å². The number of allylic oxidation sites excluding steroid dienone is 2. The Morgan fingerprint density at radius 2 is 1.89 bits per heavy atom. The second-order valence-corrected chi connectivity index (χ2v) is 6.97. The number of hydrogen-bond donors (Lipinski definition) is 1. The maximum atomic E-state index is 12.7. The number of benzene rings is 1. The molecule has 2 aromatic rings. The number of ketones is 2. The van der Waals surface area contributed by atoms with E-state index in [2.05, 4.69) is 22.1 Å². The van der Waals surface area contributed by atoms with E-state index in [0.29, 0.717) is 12.4 Å². The quantitative estimate of drug-likeness (QED) is 0.848. The molecule has 1 N–H and O–H groups in total. The Bertz CT molecular complexity index is 890.